The fourth-order valence-electron chi connectivity index (χ4n) is 2.38. The summed E-state index contributed by atoms with van der Waals surface area (Å²) in [5.74, 6) is -0.674. The minimum atomic E-state index is -0.980. The van der Waals surface area contributed by atoms with Gasteiger partial charge in [-0.15, -0.1) is 0 Å². The molecular weight excluding hydrogens is 246 g/mol. The lowest BCUT2D eigenvalue weighted by Crippen LogP contribution is -2.41. The van der Waals surface area contributed by atoms with Gasteiger partial charge in [0.05, 0.1) is 6.26 Å². The van der Waals surface area contributed by atoms with Gasteiger partial charge in [-0.05, 0) is 31.1 Å². The zero-order valence-corrected chi connectivity index (χ0v) is 10.6. The highest BCUT2D eigenvalue weighted by atomic mass is 16.4. The zero-order valence-electron chi connectivity index (χ0n) is 10.6. The number of hydrogen-bond acceptors (Lipinski definition) is 3. The van der Waals surface area contributed by atoms with E-state index in [2.05, 4.69) is 0 Å². The molecule has 0 aromatic carbocycles. The van der Waals surface area contributed by atoms with Crippen LogP contribution in [-0.2, 0) is 9.59 Å². The number of carbonyl (C=O) groups excluding carboxylic acids is 1. The summed E-state index contributed by atoms with van der Waals surface area (Å²) >= 11 is 0. The van der Waals surface area contributed by atoms with Gasteiger partial charge in [0, 0.05) is 12.1 Å². The number of carbonyl (C=O) groups is 2. The first kappa shape index (κ1) is 13.4. The SMILES string of the molecule is O=C(O)CN(C(=O)/C=C/c1ccco1)C1CCCC1. The van der Waals surface area contributed by atoms with E-state index in [0.29, 0.717) is 5.76 Å². The van der Waals surface area contributed by atoms with Crippen LogP contribution in [0.15, 0.2) is 28.9 Å². The van der Waals surface area contributed by atoms with Crippen LogP contribution in [0.5, 0.6) is 0 Å². The summed E-state index contributed by atoms with van der Waals surface area (Å²) in [5.41, 5.74) is 0. The summed E-state index contributed by atoms with van der Waals surface area (Å²) in [5, 5.41) is 8.91. The molecule has 0 spiro atoms. The van der Waals surface area contributed by atoms with Crippen LogP contribution in [0.25, 0.3) is 6.08 Å². The molecule has 0 unspecified atom stereocenters. The monoisotopic (exact) mass is 263 g/mol. The number of carboxylic acids is 1. The van der Waals surface area contributed by atoms with Gasteiger partial charge >= 0.3 is 5.97 Å². The normalized spacial score (nSPS) is 16.0. The average molecular weight is 263 g/mol. The summed E-state index contributed by atoms with van der Waals surface area (Å²) < 4.78 is 5.10. The lowest BCUT2D eigenvalue weighted by atomic mass is 10.2. The van der Waals surface area contributed by atoms with E-state index in [4.69, 9.17) is 9.52 Å². The van der Waals surface area contributed by atoms with Gasteiger partial charge < -0.3 is 14.4 Å². The molecule has 2 rings (SSSR count). The Bertz CT molecular complexity index is 458. The molecule has 0 radical (unpaired) electrons. The molecule has 19 heavy (non-hydrogen) atoms. The minimum Gasteiger partial charge on any atom is -0.480 e. The van der Waals surface area contributed by atoms with Crippen molar-refractivity contribution in [3.05, 3.63) is 30.2 Å². The number of rotatable bonds is 5. The van der Waals surface area contributed by atoms with Gasteiger partial charge in [-0.2, -0.15) is 0 Å². The number of furan rings is 1. The number of nitrogens with zero attached hydrogens (tertiary/aromatic N) is 1. The van der Waals surface area contributed by atoms with E-state index in [1.165, 1.54) is 17.2 Å². The van der Waals surface area contributed by atoms with Crippen molar-refractivity contribution < 1.29 is 19.1 Å². The fraction of sp³-hybridized carbons (Fsp3) is 0.429. The Morgan fingerprint density at radius 2 is 2.16 bits per heavy atom. The van der Waals surface area contributed by atoms with E-state index < -0.39 is 5.97 Å². The molecule has 1 saturated carbocycles. The van der Waals surface area contributed by atoms with E-state index in [1.54, 1.807) is 18.2 Å². The maximum Gasteiger partial charge on any atom is 0.323 e. The van der Waals surface area contributed by atoms with E-state index >= 15 is 0 Å². The maximum absolute atomic E-state index is 12.1. The second-order valence-electron chi connectivity index (χ2n) is 4.65. The maximum atomic E-state index is 12.1. The molecule has 1 amide bonds. The first-order valence-corrected chi connectivity index (χ1v) is 6.41. The molecule has 5 nitrogen and oxygen atoms in total. The average Bonchev–Trinajstić information content (AvgIpc) is 3.05. The summed E-state index contributed by atoms with van der Waals surface area (Å²) in [7, 11) is 0. The standard InChI is InChI=1S/C14H17NO4/c16-13(8-7-12-6-3-9-19-12)15(10-14(17)18)11-4-1-2-5-11/h3,6-9,11H,1-2,4-5,10H2,(H,17,18)/b8-7+. The van der Waals surface area contributed by atoms with E-state index in [1.807, 2.05) is 0 Å². The van der Waals surface area contributed by atoms with Crippen molar-refractivity contribution in [1.82, 2.24) is 4.90 Å². The zero-order chi connectivity index (χ0) is 13.7. The summed E-state index contributed by atoms with van der Waals surface area (Å²) in [6, 6.07) is 3.52. The number of carboxylic acid groups (broad SMARTS) is 1. The van der Waals surface area contributed by atoms with Gasteiger partial charge in [0.15, 0.2) is 0 Å². The molecular formula is C14H17NO4. The molecule has 0 aliphatic heterocycles. The Labute approximate surface area is 111 Å². The van der Waals surface area contributed by atoms with Crippen LogP contribution in [0.3, 0.4) is 0 Å². The van der Waals surface area contributed by atoms with Crippen LogP contribution >= 0.6 is 0 Å². The van der Waals surface area contributed by atoms with Crippen molar-refractivity contribution in [2.24, 2.45) is 0 Å². The molecule has 1 fully saturated rings. The molecule has 0 atom stereocenters. The second-order valence-corrected chi connectivity index (χ2v) is 4.65. The van der Waals surface area contributed by atoms with Crippen LogP contribution in [0.1, 0.15) is 31.4 Å². The molecule has 102 valence electrons. The lowest BCUT2D eigenvalue weighted by molar-refractivity contribution is -0.144. The third kappa shape index (κ3) is 3.71. The Balaban J connectivity index is 2.04. The van der Waals surface area contributed by atoms with Gasteiger partial charge in [-0.3, -0.25) is 9.59 Å². The van der Waals surface area contributed by atoms with Gasteiger partial charge in [0.2, 0.25) is 5.91 Å². The molecule has 1 heterocycles. The fourth-order valence-corrected chi connectivity index (χ4v) is 2.38. The summed E-state index contributed by atoms with van der Waals surface area (Å²) in [6.45, 7) is -0.244. The number of amides is 1. The van der Waals surface area contributed by atoms with Crippen molar-refractivity contribution >= 4 is 18.0 Å². The highest BCUT2D eigenvalue weighted by molar-refractivity contribution is 5.93. The van der Waals surface area contributed by atoms with Gasteiger partial charge in [-0.25, -0.2) is 0 Å². The molecule has 5 heteroatoms. The van der Waals surface area contributed by atoms with Gasteiger partial charge in [0.25, 0.3) is 0 Å². The Hall–Kier alpha value is -2.04. The first-order chi connectivity index (χ1) is 9.16. The van der Waals surface area contributed by atoms with Crippen LogP contribution < -0.4 is 0 Å². The quantitative estimate of drug-likeness (QED) is 0.826. The van der Waals surface area contributed by atoms with Crippen LogP contribution in [0.4, 0.5) is 0 Å². The van der Waals surface area contributed by atoms with Crippen LogP contribution in [0, 0.1) is 0 Å². The van der Waals surface area contributed by atoms with Crippen molar-refractivity contribution in [3.8, 4) is 0 Å². The number of aliphatic carboxylic acids is 1. The molecule has 0 bridgehead atoms. The Morgan fingerprint density at radius 1 is 1.42 bits per heavy atom. The van der Waals surface area contributed by atoms with Crippen LogP contribution in [0.2, 0.25) is 0 Å². The highest BCUT2D eigenvalue weighted by Gasteiger charge is 2.26. The predicted molar refractivity (Wildman–Crippen MR) is 69.3 cm³/mol. The van der Waals surface area contributed by atoms with Crippen molar-refractivity contribution in [2.45, 2.75) is 31.7 Å². The molecule has 1 aromatic heterocycles. The van der Waals surface area contributed by atoms with Crippen molar-refractivity contribution in [1.29, 1.82) is 0 Å². The third-order valence-corrected chi connectivity index (χ3v) is 3.29. The third-order valence-electron chi connectivity index (χ3n) is 3.29. The number of hydrogen-bond donors (Lipinski definition) is 1. The molecule has 1 aromatic rings. The summed E-state index contributed by atoms with van der Waals surface area (Å²) in [6.07, 6.45) is 8.33. The smallest absolute Gasteiger partial charge is 0.323 e. The Morgan fingerprint density at radius 3 is 2.74 bits per heavy atom. The molecule has 1 aliphatic rings. The molecule has 1 aliphatic carbocycles. The first-order valence-electron chi connectivity index (χ1n) is 6.41. The predicted octanol–water partition coefficient (Wildman–Crippen LogP) is 2.15. The van der Waals surface area contributed by atoms with Gasteiger partial charge in [0.1, 0.15) is 12.3 Å². The largest absolute Gasteiger partial charge is 0.480 e. The van der Waals surface area contributed by atoms with Crippen molar-refractivity contribution in [3.63, 3.8) is 0 Å². The second kappa shape index (κ2) is 6.22. The van der Waals surface area contributed by atoms with E-state index in [9.17, 15) is 9.59 Å². The van der Waals surface area contributed by atoms with Crippen molar-refractivity contribution in [2.75, 3.05) is 6.54 Å². The van der Waals surface area contributed by atoms with Crippen LogP contribution in [-0.4, -0.2) is 34.5 Å². The molecule has 0 saturated heterocycles. The highest BCUT2D eigenvalue weighted by Crippen LogP contribution is 2.23. The van der Waals surface area contributed by atoms with E-state index in [-0.39, 0.29) is 18.5 Å². The summed E-state index contributed by atoms with van der Waals surface area (Å²) in [4.78, 5) is 24.4. The lowest BCUT2D eigenvalue weighted by Gasteiger charge is -2.26. The topological polar surface area (TPSA) is 70.8 Å². The minimum absolute atomic E-state index is 0.0462. The molecule has 1 N–H and O–H groups in total. The van der Waals surface area contributed by atoms with E-state index in [0.717, 1.165) is 25.7 Å². The Kier molecular flexibility index (Phi) is 4.39. The van der Waals surface area contributed by atoms with Gasteiger partial charge in [-0.1, -0.05) is 12.8 Å².